The zero-order valence-corrected chi connectivity index (χ0v) is 16.9. The number of halogens is 3. The number of hydrogen-bond donors (Lipinski definition) is 2. The van der Waals surface area contributed by atoms with Crippen LogP contribution in [0.15, 0.2) is 42.6 Å². The lowest BCUT2D eigenvalue weighted by Crippen LogP contribution is -2.28. The highest BCUT2D eigenvalue weighted by Gasteiger charge is 2.33. The predicted molar refractivity (Wildman–Crippen MR) is 109 cm³/mol. The van der Waals surface area contributed by atoms with E-state index in [1.165, 1.54) is 11.3 Å². The van der Waals surface area contributed by atoms with Gasteiger partial charge in [-0.1, -0.05) is 6.07 Å². The van der Waals surface area contributed by atoms with Gasteiger partial charge in [-0.3, -0.25) is 19.9 Å². The van der Waals surface area contributed by atoms with Crippen LogP contribution in [0, 0.1) is 17.0 Å². The Morgan fingerprint density at radius 1 is 1.23 bits per heavy atom. The number of benzene rings is 1. The molecule has 2 heterocycles. The number of alkyl halides is 3. The van der Waals surface area contributed by atoms with E-state index in [1.54, 1.807) is 25.3 Å². The Hall–Kier alpha value is -3.54. The minimum atomic E-state index is -4.68. The SMILES string of the molecule is Cc1nc(-c2ccccn2)sc1C(=O)NCCNc1ccc(C(F)(F)F)cc1[N+](=O)[O-]. The van der Waals surface area contributed by atoms with E-state index in [9.17, 15) is 28.1 Å². The molecule has 3 aromatic rings. The summed E-state index contributed by atoms with van der Waals surface area (Å²) in [5, 5.41) is 17.0. The number of anilines is 1. The van der Waals surface area contributed by atoms with Gasteiger partial charge in [-0.2, -0.15) is 13.2 Å². The molecule has 0 atom stereocenters. The summed E-state index contributed by atoms with van der Waals surface area (Å²) in [6.07, 6.45) is -3.06. The lowest BCUT2D eigenvalue weighted by Gasteiger charge is -2.11. The summed E-state index contributed by atoms with van der Waals surface area (Å²) in [5.41, 5.74) is -0.694. The highest BCUT2D eigenvalue weighted by atomic mass is 32.1. The summed E-state index contributed by atoms with van der Waals surface area (Å²) in [6, 6.07) is 7.58. The maximum absolute atomic E-state index is 12.8. The fourth-order valence-electron chi connectivity index (χ4n) is 2.67. The van der Waals surface area contributed by atoms with Crippen LogP contribution in [0.3, 0.4) is 0 Å². The van der Waals surface area contributed by atoms with Crippen LogP contribution in [-0.4, -0.2) is 33.9 Å². The second-order valence-corrected chi connectivity index (χ2v) is 7.32. The Labute approximate surface area is 178 Å². The highest BCUT2D eigenvalue weighted by Crippen LogP contribution is 2.34. The molecule has 0 bridgehead atoms. The van der Waals surface area contributed by atoms with Crippen LogP contribution in [0.2, 0.25) is 0 Å². The Balaban J connectivity index is 1.61. The van der Waals surface area contributed by atoms with Gasteiger partial charge < -0.3 is 10.6 Å². The van der Waals surface area contributed by atoms with Crippen molar-refractivity contribution in [2.45, 2.75) is 13.1 Å². The van der Waals surface area contributed by atoms with Crippen molar-refractivity contribution < 1.29 is 22.9 Å². The molecule has 0 saturated heterocycles. The maximum Gasteiger partial charge on any atom is 0.416 e. The number of aromatic nitrogens is 2. The number of rotatable bonds is 7. The third-order valence-electron chi connectivity index (χ3n) is 4.13. The fraction of sp³-hybridized carbons (Fsp3) is 0.211. The second kappa shape index (κ2) is 9.08. The van der Waals surface area contributed by atoms with Crippen LogP contribution in [0.4, 0.5) is 24.5 Å². The van der Waals surface area contributed by atoms with Gasteiger partial charge in [0.05, 0.1) is 21.9 Å². The Bertz CT molecular complexity index is 1100. The number of nitrogens with zero attached hydrogens (tertiary/aromatic N) is 3. The first-order valence-corrected chi connectivity index (χ1v) is 9.75. The van der Waals surface area contributed by atoms with Crippen molar-refractivity contribution in [2.24, 2.45) is 0 Å². The van der Waals surface area contributed by atoms with E-state index in [1.807, 2.05) is 6.07 Å². The Morgan fingerprint density at radius 3 is 2.65 bits per heavy atom. The quantitative estimate of drug-likeness (QED) is 0.315. The minimum Gasteiger partial charge on any atom is -0.378 e. The van der Waals surface area contributed by atoms with Crippen molar-refractivity contribution in [3.8, 4) is 10.7 Å². The molecule has 2 aromatic heterocycles. The average molecular weight is 451 g/mol. The maximum atomic E-state index is 12.8. The highest BCUT2D eigenvalue weighted by molar-refractivity contribution is 7.17. The number of nitrogens with one attached hydrogen (secondary N) is 2. The molecule has 0 fully saturated rings. The molecule has 0 aliphatic carbocycles. The number of carbonyl (C=O) groups is 1. The molecule has 12 heteroatoms. The molecule has 1 aromatic carbocycles. The molecule has 0 aliphatic heterocycles. The summed E-state index contributed by atoms with van der Waals surface area (Å²) in [4.78, 5) is 31.6. The van der Waals surface area contributed by atoms with Gasteiger partial charge in [0.15, 0.2) is 0 Å². The molecule has 0 aliphatic rings. The van der Waals surface area contributed by atoms with E-state index in [4.69, 9.17) is 0 Å². The lowest BCUT2D eigenvalue weighted by molar-refractivity contribution is -0.384. The zero-order valence-electron chi connectivity index (χ0n) is 16.1. The molecular formula is C19H16F3N5O3S. The molecule has 0 saturated carbocycles. The summed E-state index contributed by atoms with van der Waals surface area (Å²) < 4.78 is 38.3. The first kappa shape index (κ1) is 22.2. The van der Waals surface area contributed by atoms with Gasteiger partial charge in [-0.05, 0) is 31.2 Å². The van der Waals surface area contributed by atoms with Crippen LogP contribution in [-0.2, 0) is 6.18 Å². The zero-order chi connectivity index (χ0) is 22.6. The van der Waals surface area contributed by atoms with Crippen LogP contribution in [0.25, 0.3) is 10.7 Å². The topological polar surface area (TPSA) is 110 Å². The van der Waals surface area contributed by atoms with Gasteiger partial charge >= 0.3 is 6.18 Å². The molecular weight excluding hydrogens is 435 g/mol. The van der Waals surface area contributed by atoms with Crippen LogP contribution >= 0.6 is 11.3 Å². The van der Waals surface area contributed by atoms with Crippen molar-refractivity contribution in [1.82, 2.24) is 15.3 Å². The molecule has 8 nitrogen and oxygen atoms in total. The van der Waals surface area contributed by atoms with Gasteiger partial charge in [0, 0.05) is 25.4 Å². The van der Waals surface area contributed by atoms with Crippen molar-refractivity contribution >= 4 is 28.6 Å². The number of aryl methyl sites for hydroxylation is 1. The van der Waals surface area contributed by atoms with Crippen LogP contribution in [0.1, 0.15) is 20.9 Å². The van der Waals surface area contributed by atoms with Gasteiger partial charge in [-0.25, -0.2) is 4.98 Å². The first-order valence-electron chi connectivity index (χ1n) is 8.93. The van der Waals surface area contributed by atoms with Gasteiger partial charge in [0.1, 0.15) is 15.6 Å². The number of pyridine rings is 1. The van der Waals surface area contributed by atoms with Crippen molar-refractivity contribution in [1.29, 1.82) is 0 Å². The number of carbonyl (C=O) groups excluding carboxylic acids is 1. The fourth-order valence-corrected chi connectivity index (χ4v) is 3.63. The summed E-state index contributed by atoms with van der Waals surface area (Å²) >= 11 is 1.18. The van der Waals surface area contributed by atoms with E-state index in [-0.39, 0.29) is 24.7 Å². The number of nitro groups is 1. The molecule has 3 rings (SSSR count). The Morgan fingerprint density at radius 2 is 2.00 bits per heavy atom. The summed E-state index contributed by atoms with van der Waals surface area (Å²) in [6.45, 7) is 1.86. The van der Waals surface area contributed by atoms with E-state index >= 15 is 0 Å². The van der Waals surface area contributed by atoms with Crippen molar-refractivity contribution in [2.75, 3.05) is 18.4 Å². The standard InChI is InChI=1S/C19H16F3N5O3S/c1-11-16(31-18(26-11)14-4-2-3-7-23-14)17(28)25-9-8-24-13-6-5-12(19(20,21)22)10-15(13)27(29)30/h2-7,10,24H,8-9H2,1H3,(H,25,28). The number of nitro benzene ring substituents is 1. The van der Waals surface area contributed by atoms with Crippen molar-refractivity contribution in [3.05, 3.63) is 68.8 Å². The van der Waals surface area contributed by atoms with E-state index in [2.05, 4.69) is 20.6 Å². The number of hydrogen-bond acceptors (Lipinski definition) is 7. The summed E-state index contributed by atoms with van der Waals surface area (Å²) in [5.74, 6) is -0.374. The first-order chi connectivity index (χ1) is 14.7. The smallest absolute Gasteiger partial charge is 0.378 e. The number of thiazole rings is 1. The third-order valence-corrected chi connectivity index (χ3v) is 5.31. The molecule has 0 radical (unpaired) electrons. The molecule has 0 spiro atoms. The van der Waals surface area contributed by atoms with E-state index in [0.717, 1.165) is 12.1 Å². The monoisotopic (exact) mass is 451 g/mol. The number of amides is 1. The van der Waals surface area contributed by atoms with Crippen molar-refractivity contribution in [3.63, 3.8) is 0 Å². The van der Waals surface area contributed by atoms with E-state index in [0.29, 0.717) is 27.3 Å². The largest absolute Gasteiger partial charge is 0.416 e. The predicted octanol–water partition coefficient (Wildman–Crippen LogP) is 4.28. The normalized spacial score (nSPS) is 11.2. The lowest BCUT2D eigenvalue weighted by atomic mass is 10.1. The van der Waals surface area contributed by atoms with Gasteiger partial charge in [-0.15, -0.1) is 11.3 Å². The second-order valence-electron chi connectivity index (χ2n) is 6.32. The van der Waals surface area contributed by atoms with Gasteiger partial charge in [0.25, 0.3) is 11.6 Å². The minimum absolute atomic E-state index is 0.0707. The molecule has 1 amide bonds. The molecule has 162 valence electrons. The van der Waals surface area contributed by atoms with Crippen LogP contribution < -0.4 is 10.6 Å². The third kappa shape index (κ3) is 5.34. The molecule has 2 N–H and O–H groups in total. The van der Waals surface area contributed by atoms with Gasteiger partial charge in [0.2, 0.25) is 0 Å². The average Bonchev–Trinajstić information content (AvgIpc) is 3.12. The Kier molecular flexibility index (Phi) is 6.49. The molecule has 0 unspecified atom stereocenters. The van der Waals surface area contributed by atoms with Crippen LogP contribution in [0.5, 0.6) is 0 Å². The van der Waals surface area contributed by atoms with E-state index < -0.39 is 22.4 Å². The summed E-state index contributed by atoms with van der Waals surface area (Å²) in [7, 11) is 0. The molecule has 31 heavy (non-hydrogen) atoms.